The first-order chi connectivity index (χ1) is 17.9. The SMILES string of the molecule is CCCC1CCC(/C=C/CCC2CCC(c3ccc(-c4ccc(OC)c(F)c4F)c(F)c3F)CC2)CC1. The van der Waals surface area contributed by atoms with E-state index in [9.17, 15) is 13.2 Å². The van der Waals surface area contributed by atoms with Crippen molar-refractivity contribution in [3.8, 4) is 16.9 Å². The van der Waals surface area contributed by atoms with Crippen molar-refractivity contribution in [2.75, 3.05) is 7.11 Å². The Bertz CT molecular complexity index is 1060. The average Bonchev–Trinajstić information content (AvgIpc) is 2.91. The summed E-state index contributed by atoms with van der Waals surface area (Å²) in [5.74, 6) is -2.57. The minimum absolute atomic E-state index is 0.0499. The molecule has 0 aliphatic heterocycles. The molecule has 2 aliphatic rings. The summed E-state index contributed by atoms with van der Waals surface area (Å²) < 4.78 is 63.4. The molecule has 2 fully saturated rings. The highest BCUT2D eigenvalue weighted by molar-refractivity contribution is 5.66. The van der Waals surface area contributed by atoms with Gasteiger partial charge >= 0.3 is 0 Å². The molecule has 4 rings (SSSR count). The second-order valence-electron chi connectivity index (χ2n) is 11.1. The minimum Gasteiger partial charge on any atom is -0.494 e. The Morgan fingerprint density at radius 2 is 1.32 bits per heavy atom. The van der Waals surface area contributed by atoms with Gasteiger partial charge in [0.05, 0.1) is 7.11 Å². The van der Waals surface area contributed by atoms with Crippen LogP contribution in [-0.2, 0) is 0 Å². The summed E-state index contributed by atoms with van der Waals surface area (Å²) in [5.41, 5.74) is -0.251. The summed E-state index contributed by atoms with van der Waals surface area (Å²) in [6.07, 6.45) is 18.7. The number of halogens is 4. The molecule has 2 saturated carbocycles. The van der Waals surface area contributed by atoms with Crippen molar-refractivity contribution in [2.45, 2.75) is 89.9 Å². The lowest BCUT2D eigenvalue weighted by atomic mass is 9.76. The molecule has 0 N–H and O–H groups in total. The summed E-state index contributed by atoms with van der Waals surface area (Å²) in [6.45, 7) is 2.28. The molecule has 5 heteroatoms. The fourth-order valence-corrected chi connectivity index (χ4v) is 6.45. The van der Waals surface area contributed by atoms with Gasteiger partial charge in [-0.1, -0.05) is 44.1 Å². The molecule has 2 aromatic carbocycles. The highest BCUT2D eigenvalue weighted by atomic mass is 19.2. The zero-order valence-electron chi connectivity index (χ0n) is 22.2. The molecule has 0 amide bonds. The lowest BCUT2D eigenvalue weighted by molar-refractivity contribution is 0.293. The summed E-state index contributed by atoms with van der Waals surface area (Å²) >= 11 is 0. The van der Waals surface area contributed by atoms with Crippen LogP contribution in [0.4, 0.5) is 17.6 Å². The van der Waals surface area contributed by atoms with Gasteiger partial charge in [0, 0.05) is 11.1 Å². The summed E-state index contributed by atoms with van der Waals surface area (Å²) in [6, 6.07) is 5.34. The zero-order valence-corrected chi connectivity index (χ0v) is 22.2. The normalized spacial score (nSPS) is 24.5. The van der Waals surface area contributed by atoms with Crippen LogP contribution < -0.4 is 4.74 Å². The second kappa shape index (κ2) is 13.0. The molecule has 37 heavy (non-hydrogen) atoms. The van der Waals surface area contributed by atoms with Gasteiger partial charge < -0.3 is 4.74 Å². The van der Waals surface area contributed by atoms with Crippen LogP contribution in [0.3, 0.4) is 0 Å². The van der Waals surface area contributed by atoms with E-state index in [1.165, 1.54) is 69.9 Å². The molecule has 0 heterocycles. The fraction of sp³-hybridized carbons (Fsp3) is 0.562. The van der Waals surface area contributed by atoms with Gasteiger partial charge in [0.1, 0.15) is 0 Å². The van der Waals surface area contributed by atoms with Crippen LogP contribution in [0.25, 0.3) is 11.1 Å². The van der Waals surface area contributed by atoms with Crippen LogP contribution in [0.5, 0.6) is 5.75 Å². The molecular weight excluding hydrogens is 476 g/mol. The van der Waals surface area contributed by atoms with Crippen molar-refractivity contribution >= 4 is 0 Å². The summed E-state index contributed by atoms with van der Waals surface area (Å²) in [4.78, 5) is 0. The number of methoxy groups -OCH3 is 1. The van der Waals surface area contributed by atoms with Crippen LogP contribution in [0, 0.1) is 41.0 Å². The van der Waals surface area contributed by atoms with Gasteiger partial charge in [0.15, 0.2) is 23.2 Å². The summed E-state index contributed by atoms with van der Waals surface area (Å²) in [7, 11) is 1.22. The van der Waals surface area contributed by atoms with E-state index in [0.29, 0.717) is 11.5 Å². The Morgan fingerprint density at radius 3 is 1.97 bits per heavy atom. The first-order valence-electron chi connectivity index (χ1n) is 14.1. The van der Waals surface area contributed by atoms with E-state index in [-0.39, 0.29) is 22.8 Å². The molecule has 0 unspecified atom stereocenters. The van der Waals surface area contributed by atoms with Crippen molar-refractivity contribution in [1.29, 1.82) is 0 Å². The number of benzene rings is 2. The van der Waals surface area contributed by atoms with Gasteiger partial charge in [-0.25, -0.2) is 13.2 Å². The molecule has 0 bridgehead atoms. The van der Waals surface area contributed by atoms with Crippen molar-refractivity contribution in [3.05, 3.63) is 65.2 Å². The molecule has 0 spiro atoms. The van der Waals surface area contributed by atoms with Crippen LogP contribution >= 0.6 is 0 Å². The van der Waals surface area contributed by atoms with Crippen molar-refractivity contribution in [3.63, 3.8) is 0 Å². The third kappa shape index (κ3) is 6.59. The molecule has 0 radical (unpaired) electrons. The quantitative estimate of drug-likeness (QED) is 0.238. The summed E-state index contributed by atoms with van der Waals surface area (Å²) in [5, 5.41) is 0. The van der Waals surface area contributed by atoms with E-state index in [1.54, 1.807) is 0 Å². The van der Waals surface area contributed by atoms with Gasteiger partial charge in [-0.2, -0.15) is 4.39 Å². The molecule has 0 aromatic heterocycles. The Hall–Kier alpha value is -2.30. The molecule has 2 aromatic rings. The number of rotatable bonds is 9. The topological polar surface area (TPSA) is 9.23 Å². The van der Waals surface area contributed by atoms with Gasteiger partial charge in [-0.3, -0.25) is 0 Å². The Balaban J connectivity index is 1.29. The van der Waals surface area contributed by atoms with Gasteiger partial charge in [-0.05, 0) is 106 Å². The molecule has 2 aliphatic carbocycles. The van der Waals surface area contributed by atoms with Gasteiger partial charge in [-0.15, -0.1) is 0 Å². The van der Waals surface area contributed by atoms with Crippen molar-refractivity contribution in [1.82, 2.24) is 0 Å². The zero-order chi connectivity index (χ0) is 26.4. The second-order valence-corrected chi connectivity index (χ2v) is 11.1. The van der Waals surface area contributed by atoms with E-state index in [2.05, 4.69) is 19.1 Å². The third-order valence-corrected chi connectivity index (χ3v) is 8.69. The van der Waals surface area contributed by atoms with Crippen LogP contribution in [-0.4, -0.2) is 7.11 Å². The number of hydrogen-bond donors (Lipinski definition) is 0. The van der Waals surface area contributed by atoms with Gasteiger partial charge in [0.25, 0.3) is 0 Å². The van der Waals surface area contributed by atoms with E-state index in [0.717, 1.165) is 50.4 Å². The van der Waals surface area contributed by atoms with Crippen molar-refractivity contribution < 1.29 is 22.3 Å². The van der Waals surface area contributed by atoms with Crippen molar-refractivity contribution in [2.24, 2.45) is 17.8 Å². The fourth-order valence-electron chi connectivity index (χ4n) is 6.45. The predicted octanol–water partition coefficient (Wildman–Crippen LogP) is 10.1. The monoisotopic (exact) mass is 516 g/mol. The van der Waals surface area contributed by atoms with Gasteiger partial charge in [0.2, 0.25) is 5.82 Å². The minimum atomic E-state index is -1.25. The number of ether oxygens (including phenoxy) is 1. The number of hydrogen-bond acceptors (Lipinski definition) is 1. The third-order valence-electron chi connectivity index (χ3n) is 8.69. The molecule has 202 valence electrons. The van der Waals surface area contributed by atoms with Crippen LogP contribution in [0.1, 0.15) is 95.5 Å². The van der Waals surface area contributed by atoms with E-state index in [4.69, 9.17) is 4.74 Å². The smallest absolute Gasteiger partial charge is 0.201 e. The maximum Gasteiger partial charge on any atom is 0.201 e. The molecule has 0 atom stereocenters. The maximum atomic E-state index is 15.1. The maximum absolute atomic E-state index is 15.1. The highest BCUT2D eigenvalue weighted by Crippen LogP contribution is 2.41. The first-order valence-corrected chi connectivity index (χ1v) is 14.1. The molecule has 0 saturated heterocycles. The highest BCUT2D eigenvalue weighted by Gasteiger charge is 2.27. The first kappa shape index (κ1) is 27.7. The van der Waals surface area contributed by atoms with Crippen LogP contribution in [0.15, 0.2) is 36.4 Å². The van der Waals surface area contributed by atoms with E-state index >= 15 is 4.39 Å². The lowest BCUT2D eigenvalue weighted by Gasteiger charge is -2.29. The predicted molar refractivity (Wildman–Crippen MR) is 142 cm³/mol. The Labute approximate surface area is 219 Å². The van der Waals surface area contributed by atoms with E-state index < -0.39 is 23.3 Å². The van der Waals surface area contributed by atoms with E-state index in [1.807, 2.05) is 0 Å². The standard InChI is InChI=1S/C32H40F4O/c1-3-6-21-9-11-22(12-10-21)7-4-5-8-23-13-15-24(16-14-23)25-17-18-26(30(34)29(25)33)27-19-20-28(37-2)32(36)31(27)35/h4,7,17-24H,3,5-6,8-16H2,1-2H3/b7-4+. The Morgan fingerprint density at radius 1 is 0.730 bits per heavy atom. The lowest BCUT2D eigenvalue weighted by Crippen LogP contribution is -2.15. The molecule has 1 nitrogen and oxygen atoms in total. The Kier molecular flexibility index (Phi) is 9.72. The number of allylic oxidation sites excluding steroid dienone is 2. The molecular formula is C32H40F4O. The average molecular weight is 517 g/mol. The largest absolute Gasteiger partial charge is 0.494 e. The van der Waals surface area contributed by atoms with Crippen LogP contribution in [0.2, 0.25) is 0 Å².